The van der Waals surface area contributed by atoms with Gasteiger partial charge in [-0.05, 0) is 42.8 Å². The molecule has 0 bridgehead atoms. The van der Waals surface area contributed by atoms with Crippen LogP contribution in [0, 0.1) is 0 Å². The fourth-order valence-electron chi connectivity index (χ4n) is 2.23. The van der Waals surface area contributed by atoms with Gasteiger partial charge in [0.2, 0.25) is 11.8 Å². The van der Waals surface area contributed by atoms with Gasteiger partial charge in [-0.2, -0.15) is 0 Å². The van der Waals surface area contributed by atoms with Crippen LogP contribution in [-0.4, -0.2) is 10.9 Å². The van der Waals surface area contributed by atoms with E-state index in [2.05, 4.69) is 26.2 Å². The predicted octanol–water partition coefficient (Wildman–Crippen LogP) is 5.65. The molecule has 2 aromatic carbocycles. The summed E-state index contributed by atoms with van der Waals surface area (Å²) in [5.41, 5.74) is 2.74. The molecular formula is C17H14BrClN2O2. The Kier molecular flexibility index (Phi) is 4.68. The lowest BCUT2D eigenvalue weighted by Gasteiger charge is -2.02. The molecule has 0 fully saturated rings. The third kappa shape index (κ3) is 3.57. The van der Waals surface area contributed by atoms with E-state index in [0.717, 1.165) is 10.9 Å². The molecule has 0 saturated carbocycles. The van der Waals surface area contributed by atoms with Gasteiger partial charge in [-0.15, -0.1) is 0 Å². The van der Waals surface area contributed by atoms with E-state index in [0.29, 0.717) is 39.7 Å². The number of amides is 1. The van der Waals surface area contributed by atoms with Crippen LogP contribution in [0.4, 0.5) is 5.69 Å². The number of nitrogens with zero attached hydrogens (tertiary/aromatic N) is 1. The number of fused-ring (bicyclic) bond motifs is 1. The highest BCUT2D eigenvalue weighted by atomic mass is 79.9. The molecule has 3 rings (SSSR count). The van der Waals surface area contributed by atoms with Gasteiger partial charge in [0.25, 0.3) is 0 Å². The standard InChI is InChI=1S/C17H14BrClN2O2/c1-2-3-16(22)20-11-5-7-15-14(9-11)21-17(23-15)12-8-10(18)4-6-13(12)19/h4-9H,2-3H2,1H3,(H,20,22). The number of rotatable bonds is 4. The minimum atomic E-state index is -0.00870. The zero-order chi connectivity index (χ0) is 16.4. The second kappa shape index (κ2) is 6.72. The van der Waals surface area contributed by atoms with E-state index in [1.54, 1.807) is 24.3 Å². The highest BCUT2D eigenvalue weighted by Gasteiger charge is 2.13. The number of hydrogen-bond donors (Lipinski definition) is 1. The maximum Gasteiger partial charge on any atom is 0.228 e. The highest BCUT2D eigenvalue weighted by Crippen LogP contribution is 2.32. The quantitative estimate of drug-likeness (QED) is 0.623. The summed E-state index contributed by atoms with van der Waals surface area (Å²) >= 11 is 9.63. The predicted molar refractivity (Wildman–Crippen MR) is 95.7 cm³/mol. The number of carbonyl (C=O) groups excluding carboxylic acids is 1. The van der Waals surface area contributed by atoms with Crippen LogP contribution >= 0.6 is 27.5 Å². The summed E-state index contributed by atoms with van der Waals surface area (Å²) in [4.78, 5) is 16.2. The first-order valence-corrected chi connectivity index (χ1v) is 8.40. The molecule has 1 N–H and O–H groups in total. The van der Waals surface area contributed by atoms with Crippen molar-refractivity contribution in [1.29, 1.82) is 0 Å². The van der Waals surface area contributed by atoms with E-state index in [1.807, 2.05) is 19.1 Å². The van der Waals surface area contributed by atoms with E-state index in [9.17, 15) is 4.79 Å². The minimum absolute atomic E-state index is 0.00870. The Bertz CT molecular complexity index is 876. The van der Waals surface area contributed by atoms with E-state index < -0.39 is 0 Å². The van der Waals surface area contributed by atoms with E-state index in [1.165, 1.54) is 0 Å². The average Bonchev–Trinajstić information content (AvgIpc) is 2.93. The molecule has 4 nitrogen and oxygen atoms in total. The molecule has 1 amide bonds. The number of oxazole rings is 1. The molecule has 1 heterocycles. The molecule has 0 aliphatic carbocycles. The third-order valence-electron chi connectivity index (χ3n) is 3.31. The smallest absolute Gasteiger partial charge is 0.228 e. The van der Waals surface area contributed by atoms with E-state index in [4.69, 9.17) is 16.0 Å². The fraction of sp³-hybridized carbons (Fsp3) is 0.176. The number of anilines is 1. The Labute approximate surface area is 147 Å². The number of halogens is 2. The Morgan fingerprint density at radius 3 is 2.91 bits per heavy atom. The normalized spacial score (nSPS) is 10.9. The summed E-state index contributed by atoms with van der Waals surface area (Å²) in [7, 11) is 0. The highest BCUT2D eigenvalue weighted by molar-refractivity contribution is 9.10. The van der Waals surface area contributed by atoms with E-state index >= 15 is 0 Å². The minimum Gasteiger partial charge on any atom is -0.436 e. The lowest BCUT2D eigenvalue weighted by molar-refractivity contribution is -0.116. The SMILES string of the molecule is CCCC(=O)Nc1ccc2oc(-c3cc(Br)ccc3Cl)nc2c1. The first kappa shape index (κ1) is 16.0. The van der Waals surface area contributed by atoms with Gasteiger partial charge in [0.05, 0.1) is 10.6 Å². The van der Waals surface area contributed by atoms with Crippen molar-refractivity contribution < 1.29 is 9.21 Å². The van der Waals surface area contributed by atoms with Crippen LogP contribution in [0.25, 0.3) is 22.6 Å². The zero-order valence-electron chi connectivity index (χ0n) is 12.4. The monoisotopic (exact) mass is 392 g/mol. The molecular weight excluding hydrogens is 380 g/mol. The molecule has 0 spiro atoms. The van der Waals surface area contributed by atoms with Crippen LogP contribution in [0.2, 0.25) is 5.02 Å². The summed E-state index contributed by atoms with van der Waals surface area (Å²) < 4.78 is 6.66. The number of benzene rings is 2. The first-order chi connectivity index (χ1) is 11.1. The molecule has 0 unspecified atom stereocenters. The second-order valence-corrected chi connectivity index (χ2v) is 6.45. The molecule has 0 aliphatic rings. The summed E-state index contributed by atoms with van der Waals surface area (Å²) in [6.45, 7) is 1.97. The fourth-order valence-corrected chi connectivity index (χ4v) is 2.79. The molecule has 1 aromatic heterocycles. The number of aromatic nitrogens is 1. The van der Waals surface area contributed by atoms with Gasteiger partial charge in [-0.1, -0.05) is 34.5 Å². The second-order valence-electron chi connectivity index (χ2n) is 5.12. The maximum atomic E-state index is 11.7. The maximum absolute atomic E-state index is 11.7. The van der Waals surface area contributed by atoms with Crippen molar-refractivity contribution in [2.45, 2.75) is 19.8 Å². The molecule has 0 saturated heterocycles. The van der Waals surface area contributed by atoms with Gasteiger partial charge in [0.15, 0.2) is 5.58 Å². The van der Waals surface area contributed by atoms with Gasteiger partial charge in [0.1, 0.15) is 5.52 Å². The van der Waals surface area contributed by atoms with Gasteiger partial charge < -0.3 is 9.73 Å². The number of hydrogen-bond acceptors (Lipinski definition) is 3. The molecule has 3 aromatic rings. The summed E-state index contributed by atoms with van der Waals surface area (Å²) in [6.07, 6.45) is 1.30. The van der Waals surface area contributed by atoms with Gasteiger partial charge in [-0.25, -0.2) is 4.98 Å². The zero-order valence-corrected chi connectivity index (χ0v) is 14.7. The molecule has 0 aliphatic heterocycles. The average molecular weight is 394 g/mol. The van der Waals surface area contributed by atoms with E-state index in [-0.39, 0.29) is 5.91 Å². The lowest BCUT2D eigenvalue weighted by Crippen LogP contribution is -2.10. The summed E-state index contributed by atoms with van der Waals surface area (Å²) in [6, 6.07) is 10.9. The van der Waals surface area contributed by atoms with Crippen molar-refractivity contribution in [3.63, 3.8) is 0 Å². The summed E-state index contributed by atoms with van der Waals surface area (Å²) in [5.74, 6) is 0.439. The van der Waals surface area contributed by atoms with Crippen LogP contribution in [0.3, 0.4) is 0 Å². The van der Waals surface area contributed by atoms with Crippen LogP contribution in [0.15, 0.2) is 45.3 Å². The van der Waals surface area contributed by atoms with Crippen LogP contribution in [-0.2, 0) is 4.79 Å². The molecule has 0 atom stereocenters. The third-order valence-corrected chi connectivity index (χ3v) is 4.13. The topological polar surface area (TPSA) is 55.1 Å². The number of carbonyl (C=O) groups is 1. The van der Waals surface area contributed by atoms with Crippen LogP contribution < -0.4 is 5.32 Å². The van der Waals surface area contributed by atoms with Crippen molar-refractivity contribution in [3.05, 3.63) is 45.9 Å². The van der Waals surface area contributed by atoms with Crippen LogP contribution in [0.5, 0.6) is 0 Å². The van der Waals surface area contributed by atoms with Crippen molar-refractivity contribution in [2.24, 2.45) is 0 Å². The molecule has 6 heteroatoms. The summed E-state index contributed by atoms with van der Waals surface area (Å²) in [5, 5.41) is 3.42. The van der Waals surface area contributed by atoms with Gasteiger partial charge >= 0.3 is 0 Å². The Morgan fingerprint density at radius 2 is 2.13 bits per heavy atom. The van der Waals surface area contributed by atoms with Gasteiger partial charge in [-0.3, -0.25) is 4.79 Å². The largest absolute Gasteiger partial charge is 0.436 e. The van der Waals surface area contributed by atoms with Crippen molar-refractivity contribution in [3.8, 4) is 11.5 Å². The van der Waals surface area contributed by atoms with Crippen molar-refractivity contribution >= 4 is 50.2 Å². The first-order valence-electron chi connectivity index (χ1n) is 7.22. The Balaban J connectivity index is 1.96. The molecule has 23 heavy (non-hydrogen) atoms. The van der Waals surface area contributed by atoms with Crippen molar-refractivity contribution in [1.82, 2.24) is 4.98 Å². The molecule has 0 radical (unpaired) electrons. The Morgan fingerprint density at radius 1 is 1.30 bits per heavy atom. The number of nitrogens with one attached hydrogen (secondary N) is 1. The Hall–Kier alpha value is -1.85. The van der Waals surface area contributed by atoms with Crippen molar-refractivity contribution in [2.75, 3.05) is 5.32 Å². The molecule has 118 valence electrons. The lowest BCUT2D eigenvalue weighted by atomic mass is 10.2. The van der Waals surface area contributed by atoms with Gasteiger partial charge in [0, 0.05) is 16.6 Å². The van der Waals surface area contributed by atoms with Crippen LogP contribution in [0.1, 0.15) is 19.8 Å².